The molecule has 1 aliphatic heterocycles. The average Bonchev–Trinajstić information content (AvgIpc) is 2.66. The van der Waals surface area contributed by atoms with Crippen molar-refractivity contribution in [1.82, 2.24) is 15.6 Å². The van der Waals surface area contributed by atoms with Crippen LogP contribution >= 0.6 is 11.3 Å². The van der Waals surface area contributed by atoms with E-state index in [1.165, 1.54) is 17.8 Å². The molecule has 15 heavy (non-hydrogen) atoms. The molecule has 1 aliphatic rings. The molecule has 3 nitrogen and oxygen atoms in total. The van der Waals surface area contributed by atoms with Gasteiger partial charge in [-0.1, -0.05) is 0 Å². The molecule has 1 aromatic heterocycles. The topological polar surface area (TPSA) is 37.0 Å². The fourth-order valence-electron chi connectivity index (χ4n) is 1.98. The number of hydrogen-bond acceptors (Lipinski definition) is 4. The van der Waals surface area contributed by atoms with Gasteiger partial charge in [-0.05, 0) is 39.8 Å². The third-order valence-corrected chi connectivity index (χ3v) is 3.98. The Morgan fingerprint density at radius 1 is 1.53 bits per heavy atom. The van der Waals surface area contributed by atoms with Gasteiger partial charge in [0.15, 0.2) is 0 Å². The predicted octanol–water partition coefficient (Wildman–Crippen LogP) is 1.85. The number of nitrogens with one attached hydrogen (secondary N) is 2. The molecule has 1 fully saturated rings. The first-order chi connectivity index (χ1) is 7.25. The first-order valence-electron chi connectivity index (χ1n) is 5.64. The summed E-state index contributed by atoms with van der Waals surface area (Å²) in [6, 6.07) is 1.05. The van der Waals surface area contributed by atoms with Gasteiger partial charge in [0.2, 0.25) is 0 Å². The summed E-state index contributed by atoms with van der Waals surface area (Å²) >= 11 is 1.76. The number of hydrogen-bond donors (Lipinski definition) is 2. The van der Waals surface area contributed by atoms with Gasteiger partial charge in [0.05, 0.1) is 6.04 Å². The summed E-state index contributed by atoms with van der Waals surface area (Å²) in [5, 5.41) is 10.4. The molecule has 0 amide bonds. The van der Waals surface area contributed by atoms with Crippen LogP contribution in [-0.2, 0) is 0 Å². The summed E-state index contributed by atoms with van der Waals surface area (Å²) in [7, 11) is 0. The van der Waals surface area contributed by atoms with Crippen LogP contribution in [0.15, 0.2) is 5.38 Å². The SMILES string of the molecule is Cc1csc(C(C)NC2CCNCC2)n1. The van der Waals surface area contributed by atoms with Crippen molar-refractivity contribution in [3.63, 3.8) is 0 Å². The van der Waals surface area contributed by atoms with E-state index in [0.717, 1.165) is 18.8 Å². The van der Waals surface area contributed by atoms with Gasteiger partial charge in [-0.3, -0.25) is 0 Å². The van der Waals surface area contributed by atoms with Crippen molar-refractivity contribution in [2.75, 3.05) is 13.1 Å². The lowest BCUT2D eigenvalue weighted by Gasteiger charge is -2.26. The summed E-state index contributed by atoms with van der Waals surface area (Å²) in [4.78, 5) is 4.52. The van der Waals surface area contributed by atoms with E-state index in [9.17, 15) is 0 Å². The van der Waals surface area contributed by atoms with E-state index >= 15 is 0 Å². The Bertz CT molecular complexity index is 305. The maximum Gasteiger partial charge on any atom is 0.110 e. The van der Waals surface area contributed by atoms with Gasteiger partial charge in [0.25, 0.3) is 0 Å². The van der Waals surface area contributed by atoms with E-state index in [1.54, 1.807) is 11.3 Å². The van der Waals surface area contributed by atoms with Crippen LogP contribution in [-0.4, -0.2) is 24.1 Å². The number of aryl methyl sites for hydroxylation is 1. The van der Waals surface area contributed by atoms with Gasteiger partial charge < -0.3 is 10.6 Å². The molecule has 2 rings (SSSR count). The molecule has 0 aliphatic carbocycles. The molecule has 2 N–H and O–H groups in total. The van der Waals surface area contributed by atoms with Crippen molar-refractivity contribution in [1.29, 1.82) is 0 Å². The number of nitrogens with zero attached hydrogens (tertiary/aromatic N) is 1. The lowest BCUT2D eigenvalue weighted by Crippen LogP contribution is -2.40. The zero-order valence-corrected chi connectivity index (χ0v) is 10.2. The smallest absolute Gasteiger partial charge is 0.110 e. The average molecular weight is 225 g/mol. The van der Waals surface area contributed by atoms with E-state index in [2.05, 4.69) is 34.8 Å². The molecule has 0 bridgehead atoms. The Labute approximate surface area is 95.3 Å². The van der Waals surface area contributed by atoms with Crippen molar-refractivity contribution in [3.05, 3.63) is 16.1 Å². The number of thiazole rings is 1. The highest BCUT2D eigenvalue weighted by Crippen LogP contribution is 2.19. The third-order valence-electron chi connectivity index (χ3n) is 2.83. The number of aromatic nitrogens is 1. The Hall–Kier alpha value is -0.450. The molecule has 4 heteroatoms. The highest BCUT2D eigenvalue weighted by molar-refractivity contribution is 7.09. The van der Waals surface area contributed by atoms with Gasteiger partial charge in [-0.2, -0.15) is 0 Å². The Morgan fingerprint density at radius 3 is 2.87 bits per heavy atom. The van der Waals surface area contributed by atoms with Crippen LogP contribution in [0.5, 0.6) is 0 Å². The lowest BCUT2D eigenvalue weighted by molar-refractivity contribution is 0.358. The highest BCUT2D eigenvalue weighted by Gasteiger charge is 2.17. The minimum atomic E-state index is 0.395. The second-order valence-corrected chi connectivity index (χ2v) is 5.13. The number of rotatable bonds is 3. The molecule has 84 valence electrons. The van der Waals surface area contributed by atoms with Crippen molar-refractivity contribution < 1.29 is 0 Å². The van der Waals surface area contributed by atoms with Crippen LogP contribution in [0.25, 0.3) is 0 Å². The minimum Gasteiger partial charge on any atom is -0.317 e. The Kier molecular flexibility index (Phi) is 3.72. The molecule has 0 radical (unpaired) electrons. The van der Waals surface area contributed by atoms with Crippen LogP contribution in [0.2, 0.25) is 0 Å². The molecular weight excluding hydrogens is 206 g/mol. The lowest BCUT2D eigenvalue weighted by atomic mass is 10.1. The van der Waals surface area contributed by atoms with Gasteiger partial charge in [-0.25, -0.2) is 4.98 Å². The third kappa shape index (κ3) is 3.00. The summed E-state index contributed by atoms with van der Waals surface area (Å²) in [6.07, 6.45) is 2.46. The van der Waals surface area contributed by atoms with E-state index in [4.69, 9.17) is 0 Å². The van der Waals surface area contributed by atoms with Crippen molar-refractivity contribution in [2.24, 2.45) is 0 Å². The van der Waals surface area contributed by atoms with Crippen LogP contribution in [0.1, 0.15) is 36.5 Å². The predicted molar refractivity (Wildman–Crippen MR) is 64.3 cm³/mol. The monoisotopic (exact) mass is 225 g/mol. The second-order valence-electron chi connectivity index (χ2n) is 4.24. The van der Waals surface area contributed by atoms with Crippen LogP contribution in [0, 0.1) is 6.92 Å². The van der Waals surface area contributed by atoms with Gasteiger partial charge >= 0.3 is 0 Å². The molecule has 0 aromatic carbocycles. The molecule has 0 spiro atoms. The molecular formula is C11H19N3S. The van der Waals surface area contributed by atoms with Gasteiger partial charge in [-0.15, -0.1) is 11.3 Å². The van der Waals surface area contributed by atoms with E-state index in [-0.39, 0.29) is 0 Å². The normalized spacial score (nSPS) is 20.4. The molecule has 1 atom stereocenters. The van der Waals surface area contributed by atoms with Crippen LogP contribution < -0.4 is 10.6 Å². The summed E-state index contributed by atoms with van der Waals surface area (Å²) in [5.41, 5.74) is 1.13. The van der Waals surface area contributed by atoms with E-state index < -0.39 is 0 Å². The van der Waals surface area contributed by atoms with E-state index in [0.29, 0.717) is 12.1 Å². The van der Waals surface area contributed by atoms with Gasteiger partial charge in [0.1, 0.15) is 5.01 Å². The summed E-state index contributed by atoms with van der Waals surface area (Å²) in [5.74, 6) is 0. The van der Waals surface area contributed by atoms with E-state index in [1.807, 2.05) is 0 Å². The molecule has 2 heterocycles. The largest absolute Gasteiger partial charge is 0.317 e. The zero-order valence-electron chi connectivity index (χ0n) is 9.42. The molecule has 1 aromatic rings. The van der Waals surface area contributed by atoms with Gasteiger partial charge in [0, 0.05) is 17.1 Å². The molecule has 0 saturated carbocycles. The zero-order chi connectivity index (χ0) is 10.7. The van der Waals surface area contributed by atoms with Crippen molar-refractivity contribution >= 4 is 11.3 Å². The van der Waals surface area contributed by atoms with Crippen molar-refractivity contribution in [3.8, 4) is 0 Å². The molecule has 1 saturated heterocycles. The fourth-order valence-corrected chi connectivity index (χ4v) is 2.80. The van der Waals surface area contributed by atoms with Crippen LogP contribution in [0.4, 0.5) is 0 Å². The first-order valence-corrected chi connectivity index (χ1v) is 6.52. The fraction of sp³-hybridized carbons (Fsp3) is 0.727. The minimum absolute atomic E-state index is 0.395. The maximum absolute atomic E-state index is 4.52. The van der Waals surface area contributed by atoms with Crippen molar-refractivity contribution in [2.45, 2.75) is 38.8 Å². The quantitative estimate of drug-likeness (QED) is 0.824. The maximum atomic E-state index is 4.52. The van der Waals surface area contributed by atoms with Crippen LogP contribution in [0.3, 0.4) is 0 Å². The summed E-state index contributed by atoms with van der Waals surface area (Å²) < 4.78 is 0. The number of piperidine rings is 1. The molecule has 1 unspecified atom stereocenters. The Balaban J connectivity index is 1.88. The standard InChI is InChI=1S/C11H19N3S/c1-8-7-15-11(13-8)9(2)14-10-3-5-12-6-4-10/h7,9-10,12,14H,3-6H2,1-2H3. The Morgan fingerprint density at radius 2 is 2.27 bits per heavy atom. The summed E-state index contributed by atoms with van der Waals surface area (Å²) in [6.45, 7) is 6.54. The highest BCUT2D eigenvalue weighted by atomic mass is 32.1. The first kappa shape index (κ1) is 11.0. The second kappa shape index (κ2) is 5.05.